The van der Waals surface area contributed by atoms with Gasteiger partial charge in [-0.15, -0.1) is 11.3 Å². The SMILES string of the molecule is Cc1nn2c(NC(=O)NC(C)C)ccnc2c1C(=O)c1cccs1. The lowest BCUT2D eigenvalue weighted by Gasteiger charge is -2.10. The third-order valence-electron chi connectivity index (χ3n) is 3.33. The standard InChI is InChI=1S/C16H17N5O2S/c1-9(2)18-16(23)19-12-6-7-17-15-13(10(3)20-21(12)15)14(22)11-5-4-8-24-11/h4-9H,1-3H3,(H2,18,19,23). The molecule has 3 aromatic heterocycles. The van der Waals surface area contributed by atoms with Crippen molar-refractivity contribution in [2.45, 2.75) is 26.8 Å². The number of rotatable bonds is 4. The van der Waals surface area contributed by atoms with Crippen LogP contribution in [0.1, 0.15) is 34.8 Å². The number of hydrogen-bond acceptors (Lipinski definition) is 5. The van der Waals surface area contributed by atoms with E-state index in [4.69, 9.17) is 0 Å². The molecule has 0 aromatic carbocycles. The van der Waals surface area contributed by atoms with Crippen LogP contribution in [0.5, 0.6) is 0 Å². The highest BCUT2D eigenvalue weighted by molar-refractivity contribution is 7.12. The first kappa shape index (κ1) is 16.1. The molecule has 8 heteroatoms. The molecule has 0 aliphatic heterocycles. The van der Waals surface area contributed by atoms with Gasteiger partial charge in [0.1, 0.15) is 5.82 Å². The third kappa shape index (κ3) is 3.00. The second-order valence-electron chi connectivity index (χ2n) is 5.59. The van der Waals surface area contributed by atoms with Gasteiger partial charge >= 0.3 is 6.03 Å². The smallest absolute Gasteiger partial charge is 0.320 e. The van der Waals surface area contributed by atoms with Crippen molar-refractivity contribution >= 4 is 34.6 Å². The number of hydrogen-bond donors (Lipinski definition) is 2. The number of nitrogens with zero attached hydrogens (tertiary/aromatic N) is 3. The summed E-state index contributed by atoms with van der Waals surface area (Å²) in [6.07, 6.45) is 1.55. The molecule has 0 bridgehead atoms. The van der Waals surface area contributed by atoms with Crippen LogP contribution in [0.25, 0.3) is 5.65 Å². The minimum Gasteiger partial charge on any atom is -0.336 e. The van der Waals surface area contributed by atoms with Gasteiger partial charge in [-0.1, -0.05) is 6.07 Å². The van der Waals surface area contributed by atoms with Crippen LogP contribution in [0.15, 0.2) is 29.8 Å². The molecule has 2 amide bonds. The number of nitrogens with one attached hydrogen (secondary N) is 2. The number of aromatic nitrogens is 3. The maximum Gasteiger partial charge on any atom is 0.320 e. The highest BCUT2D eigenvalue weighted by atomic mass is 32.1. The Labute approximate surface area is 142 Å². The van der Waals surface area contributed by atoms with Crippen LogP contribution in [0.4, 0.5) is 10.6 Å². The lowest BCUT2D eigenvalue weighted by atomic mass is 10.1. The Balaban J connectivity index is 2.02. The van der Waals surface area contributed by atoms with Crippen LogP contribution in [0, 0.1) is 6.92 Å². The molecule has 0 saturated heterocycles. The summed E-state index contributed by atoms with van der Waals surface area (Å²) in [7, 11) is 0. The molecule has 2 N–H and O–H groups in total. The average molecular weight is 343 g/mol. The monoisotopic (exact) mass is 343 g/mol. The van der Waals surface area contributed by atoms with Crippen molar-refractivity contribution in [1.29, 1.82) is 0 Å². The summed E-state index contributed by atoms with van der Waals surface area (Å²) in [6.45, 7) is 5.50. The van der Waals surface area contributed by atoms with Crippen molar-refractivity contribution in [3.63, 3.8) is 0 Å². The van der Waals surface area contributed by atoms with Gasteiger partial charge in [0.25, 0.3) is 0 Å². The Hall–Kier alpha value is -2.74. The van der Waals surface area contributed by atoms with E-state index in [1.807, 2.05) is 25.3 Å². The predicted octanol–water partition coefficient (Wildman–Crippen LogP) is 2.86. The quantitative estimate of drug-likeness (QED) is 0.713. The zero-order valence-corrected chi connectivity index (χ0v) is 14.3. The molecule has 0 aliphatic carbocycles. The van der Waals surface area contributed by atoms with Gasteiger partial charge in [-0.05, 0) is 38.3 Å². The summed E-state index contributed by atoms with van der Waals surface area (Å²) >= 11 is 1.37. The highest BCUT2D eigenvalue weighted by Gasteiger charge is 2.22. The molecule has 3 aromatic rings. The number of anilines is 1. The molecule has 0 saturated carbocycles. The fourth-order valence-corrected chi connectivity index (χ4v) is 3.03. The van der Waals surface area contributed by atoms with E-state index in [9.17, 15) is 9.59 Å². The molecule has 0 unspecified atom stereocenters. The van der Waals surface area contributed by atoms with Crippen LogP contribution >= 0.6 is 11.3 Å². The number of ketones is 1. The molecule has 7 nitrogen and oxygen atoms in total. The second kappa shape index (κ2) is 6.40. The molecule has 0 fully saturated rings. The Kier molecular flexibility index (Phi) is 4.30. The summed E-state index contributed by atoms with van der Waals surface area (Å²) in [5.41, 5.74) is 1.44. The summed E-state index contributed by atoms with van der Waals surface area (Å²) in [5.74, 6) is 0.334. The number of aryl methyl sites for hydroxylation is 1. The van der Waals surface area contributed by atoms with E-state index in [2.05, 4.69) is 20.7 Å². The zero-order chi connectivity index (χ0) is 17.3. The van der Waals surface area contributed by atoms with Crippen molar-refractivity contribution < 1.29 is 9.59 Å². The van der Waals surface area contributed by atoms with Gasteiger partial charge in [0.05, 0.1) is 16.1 Å². The van der Waals surface area contributed by atoms with E-state index < -0.39 is 0 Å². The minimum atomic E-state index is -0.336. The average Bonchev–Trinajstić information content (AvgIpc) is 3.13. The van der Waals surface area contributed by atoms with Gasteiger partial charge < -0.3 is 5.32 Å². The van der Waals surface area contributed by atoms with Gasteiger partial charge in [-0.3, -0.25) is 10.1 Å². The normalized spacial score (nSPS) is 11.0. The van der Waals surface area contributed by atoms with Crippen molar-refractivity contribution in [3.05, 3.63) is 45.9 Å². The highest BCUT2D eigenvalue weighted by Crippen LogP contribution is 2.22. The largest absolute Gasteiger partial charge is 0.336 e. The van der Waals surface area contributed by atoms with Crippen molar-refractivity contribution in [3.8, 4) is 0 Å². The maximum atomic E-state index is 12.7. The number of fused-ring (bicyclic) bond motifs is 1. The topological polar surface area (TPSA) is 88.4 Å². The minimum absolute atomic E-state index is 0.0117. The Morgan fingerprint density at radius 3 is 2.75 bits per heavy atom. The first-order chi connectivity index (χ1) is 11.5. The molecule has 3 rings (SSSR count). The van der Waals surface area contributed by atoms with Gasteiger partial charge in [-0.25, -0.2) is 9.78 Å². The molecule has 3 heterocycles. The molecule has 0 spiro atoms. The van der Waals surface area contributed by atoms with E-state index in [-0.39, 0.29) is 17.9 Å². The Bertz CT molecular complexity index is 899. The first-order valence-electron chi connectivity index (χ1n) is 7.47. The lowest BCUT2D eigenvalue weighted by Crippen LogP contribution is -2.34. The van der Waals surface area contributed by atoms with Gasteiger partial charge in [0.15, 0.2) is 5.65 Å². The van der Waals surface area contributed by atoms with Crippen LogP contribution in [-0.2, 0) is 0 Å². The molecular weight excluding hydrogens is 326 g/mol. The van der Waals surface area contributed by atoms with Crippen LogP contribution in [0.2, 0.25) is 0 Å². The lowest BCUT2D eigenvalue weighted by molar-refractivity contribution is 0.104. The molecule has 124 valence electrons. The number of thiophene rings is 1. The van der Waals surface area contributed by atoms with Crippen molar-refractivity contribution in [2.75, 3.05) is 5.32 Å². The van der Waals surface area contributed by atoms with Gasteiger partial charge in [0, 0.05) is 12.2 Å². The van der Waals surface area contributed by atoms with E-state index in [1.54, 1.807) is 25.3 Å². The maximum absolute atomic E-state index is 12.7. The van der Waals surface area contributed by atoms with E-state index >= 15 is 0 Å². The number of carbonyl (C=O) groups excluding carboxylic acids is 2. The number of amides is 2. The summed E-state index contributed by atoms with van der Waals surface area (Å²) in [5, 5.41) is 11.7. The van der Waals surface area contributed by atoms with Crippen LogP contribution < -0.4 is 10.6 Å². The Morgan fingerprint density at radius 2 is 2.08 bits per heavy atom. The summed E-state index contributed by atoms with van der Waals surface area (Å²) in [4.78, 5) is 29.5. The fourth-order valence-electron chi connectivity index (χ4n) is 2.36. The van der Waals surface area contributed by atoms with Crippen molar-refractivity contribution in [1.82, 2.24) is 19.9 Å². The fraction of sp³-hybridized carbons (Fsp3) is 0.250. The number of urea groups is 1. The number of carbonyl (C=O) groups is 2. The molecule has 0 aliphatic rings. The molecule has 24 heavy (non-hydrogen) atoms. The Morgan fingerprint density at radius 1 is 1.29 bits per heavy atom. The summed E-state index contributed by atoms with van der Waals surface area (Å²) in [6, 6.07) is 4.91. The van der Waals surface area contributed by atoms with Crippen LogP contribution in [-0.4, -0.2) is 32.5 Å². The third-order valence-corrected chi connectivity index (χ3v) is 4.20. The van der Waals surface area contributed by atoms with E-state index in [1.165, 1.54) is 15.9 Å². The molecular formula is C16H17N5O2S. The first-order valence-corrected chi connectivity index (χ1v) is 8.35. The van der Waals surface area contributed by atoms with Crippen LogP contribution in [0.3, 0.4) is 0 Å². The van der Waals surface area contributed by atoms with Gasteiger partial charge in [-0.2, -0.15) is 9.61 Å². The zero-order valence-electron chi connectivity index (χ0n) is 13.5. The second-order valence-corrected chi connectivity index (χ2v) is 6.53. The van der Waals surface area contributed by atoms with Gasteiger partial charge in [0.2, 0.25) is 5.78 Å². The van der Waals surface area contributed by atoms with E-state index in [0.29, 0.717) is 27.6 Å². The molecule has 0 atom stereocenters. The van der Waals surface area contributed by atoms with Crippen molar-refractivity contribution in [2.24, 2.45) is 0 Å². The van der Waals surface area contributed by atoms with E-state index in [0.717, 1.165) is 0 Å². The molecule has 0 radical (unpaired) electrons. The summed E-state index contributed by atoms with van der Waals surface area (Å²) < 4.78 is 1.48. The predicted molar refractivity (Wildman–Crippen MR) is 92.8 cm³/mol.